The number of aliphatic hydroxyl groups is 2. The molecule has 4 N–H and O–H groups in total. The SMILES string of the molecule is CC(C)C[C@H](NC(=O)[C@H](CO)NC(=O)Cc1ccccc1)C(=O)C1(CO)CO1. The summed E-state index contributed by atoms with van der Waals surface area (Å²) < 4.78 is 5.10. The minimum atomic E-state index is -1.25. The first-order chi connectivity index (χ1) is 13.3. The maximum atomic E-state index is 12.7. The van der Waals surface area contributed by atoms with Gasteiger partial charge in [-0.1, -0.05) is 44.2 Å². The third kappa shape index (κ3) is 5.85. The van der Waals surface area contributed by atoms with Crippen molar-refractivity contribution in [2.45, 2.75) is 44.4 Å². The van der Waals surface area contributed by atoms with Gasteiger partial charge in [-0.15, -0.1) is 0 Å². The van der Waals surface area contributed by atoms with Gasteiger partial charge < -0.3 is 25.6 Å². The summed E-state index contributed by atoms with van der Waals surface area (Å²) in [6.45, 7) is 2.86. The van der Waals surface area contributed by atoms with E-state index >= 15 is 0 Å². The third-order valence-corrected chi connectivity index (χ3v) is 4.58. The average molecular weight is 392 g/mol. The highest BCUT2D eigenvalue weighted by Crippen LogP contribution is 2.30. The quantitative estimate of drug-likeness (QED) is 0.378. The van der Waals surface area contributed by atoms with E-state index in [-0.39, 0.29) is 18.9 Å². The number of epoxide rings is 1. The molecule has 0 spiro atoms. The molecule has 1 unspecified atom stereocenters. The molecule has 0 aromatic heterocycles. The van der Waals surface area contributed by atoms with Gasteiger partial charge in [0.15, 0.2) is 11.4 Å². The van der Waals surface area contributed by atoms with Gasteiger partial charge in [0.1, 0.15) is 6.04 Å². The monoisotopic (exact) mass is 392 g/mol. The molecule has 2 amide bonds. The lowest BCUT2D eigenvalue weighted by atomic mass is 9.92. The van der Waals surface area contributed by atoms with Gasteiger partial charge in [0.2, 0.25) is 11.8 Å². The molecule has 1 aromatic carbocycles. The highest BCUT2D eigenvalue weighted by atomic mass is 16.6. The van der Waals surface area contributed by atoms with Crippen molar-refractivity contribution >= 4 is 17.6 Å². The normalized spacial score (nSPS) is 20.3. The minimum Gasteiger partial charge on any atom is -0.394 e. The van der Waals surface area contributed by atoms with Crippen LogP contribution in [0, 0.1) is 5.92 Å². The van der Waals surface area contributed by atoms with Crippen molar-refractivity contribution in [1.82, 2.24) is 10.6 Å². The van der Waals surface area contributed by atoms with Crippen molar-refractivity contribution in [3.8, 4) is 0 Å². The van der Waals surface area contributed by atoms with Crippen molar-refractivity contribution in [2.24, 2.45) is 5.92 Å². The van der Waals surface area contributed by atoms with Gasteiger partial charge in [-0.25, -0.2) is 0 Å². The van der Waals surface area contributed by atoms with Crippen LogP contribution in [0.3, 0.4) is 0 Å². The molecule has 0 radical (unpaired) electrons. The Balaban J connectivity index is 1.99. The van der Waals surface area contributed by atoms with Crippen LogP contribution in [-0.4, -0.2) is 65.3 Å². The summed E-state index contributed by atoms with van der Waals surface area (Å²) in [5.41, 5.74) is -0.473. The standard InChI is InChI=1S/C20H28N2O6/c1-13(2)8-15(18(26)20(11-24)12-28-20)22-19(27)16(10-23)21-17(25)9-14-6-4-3-5-7-14/h3-7,13,15-16,23-24H,8-12H2,1-2H3,(H,21,25)(H,22,27)/t15-,16-,20?/m0/s1. The van der Waals surface area contributed by atoms with Crippen LogP contribution in [0.1, 0.15) is 25.8 Å². The van der Waals surface area contributed by atoms with E-state index in [1.54, 1.807) is 24.3 Å². The summed E-state index contributed by atoms with van der Waals surface area (Å²) in [5, 5.41) is 24.0. The summed E-state index contributed by atoms with van der Waals surface area (Å²) in [4.78, 5) is 37.4. The first-order valence-corrected chi connectivity index (χ1v) is 9.35. The van der Waals surface area contributed by atoms with Crippen LogP contribution < -0.4 is 10.6 Å². The van der Waals surface area contributed by atoms with Crippen molar-refractivity contribution in [1.29, 1.82) is 0 Å². The van der Waals surface area contributed by atoms with Gasteiger partial charge >= 0.3 is 0 Å². The molecule has 8 nitrogen and oxygen atoms in total. The van der Waals surface area contributed by atoms with Gasteiger partial charge in [-0.2, -0.15) is 0 Å². The van der Waals surface area contributed by atoms with E-state index in [0.29, 0.717) is 6.42 Å². The molecule has 1 aliphatic heterocycles. The number of rotatable bonds is 11. The second kappa shape index (κ2) is 9.77. The number of ether oxygens (including phenoxy) is 1. The summed E-state index contributed by atoms with van der Waals surface area (Å²) in [6.07, 6.45) is 0.423. The van der Waals surface area contributed by atoms with E-state index in [1.807, 2.05) is 19.9 Å². The molecule has 3 atom stereocenters. The van der Waals surface area contributed by atoms with E-state index in [9.17, 15) is 24.6 Å². The van der Waals surface area contributed by atoms with Crippen LogP contribution in [0.15, 0.2) is 30.3 Å². The summed E-state index contributed by atoms with van der Waals surface area (Å²) in [7, 11) is 0. The fourth-order valence-corrected chi connectivity index (χ4v) is 2.91. The van der Waals surface area contributed by atoms with Crippen molar-refractivity contribution in [2.75, 3.05) is 19.8 Å². The van der Waals surface area contributed by atoms with Crippen molar-refractivity contribution in [3.63, 3.8) is 0 Å². The summed E-state index contributed by atoms with van der Waals surface area (Å²) in [5.74, 6) is -1.37. The molecule has 2 rings (SSSR count). The van der Waals surface area contributed by atoms with Gasteiger partial charge in [0.05, 0.1) is 32.3 Å². The molecule has 1 saturated heterocycles. The Morgan fingerprint density at radius 1 is 1.11 bits per heavy atom. The van der Waals surface area contributed by atoms with E-state index in [0.717, 1.165) is 5.56 Å². The lowest BCUT2D eigenvalue weighted by Gasteiger charge is -2.24. The molecule has 0 bridgehead atoms. The molecular weight excluding hydrogens is 364 g/mol. The van der Waals surface area contributed by atoms with Gasteiger partial charge in [-0.05, 0) is 17.9 Å². The molecule has 1 aromatic rings. The number of amides is 2. The van der Waals surface area contributed by atoms with Crippen LogP contribution in [0.5, 0.6) is 0 Å². The predicted molar refractivity (Wildman–Crippen MR) is 101 cm³/mol. The van der Waals surface area contributed by atoms with Crippen molar-refractivity contribution in [3.05, 3.63) is 35.9 Å². The summed E-state index contributed by atoms with van der Waals surface area (Å²) >= 11 is 0. The van der Waals surface area contributed by atoms with Crippen LogP contribution in [-0.2, 0) is 25.5 Å². The van der Waals surface area contributed by atoms with Gasteiger partial charge in [0, 0.05) is 0 Å². The molecule has 154 valence electrons. The molecule has 1 fully saturated rings. The first kappa shape index (κ1) is 22.0. The number of carbonyl (C=O) groups is 3. The van der Waals surface area contributed by atoms with Gasteiger partial charge in [-0.3, -0.25) is 14.4 Å². The van der Waals surface area contributed by atoms with Crippen LogP contribution >= 0.6 is 0 Å². The number of ketones is 1. The number of nitrogens with one attached hydrogen (secondary N) is 2. The molecule has 8 heteroatoms. The third-order valence-electron chi connectivity index (χ3n) is 4.58. The maximum Gasteiger partial charge on any atom is 0.245 e. The second-order valence-electron chi connectivity index (χ2n) is 7.46. The maximum absolute atomic E-state index is 12.7. The fourth-order valence-electron chi connectivity index (χ4n) is 2.91. The Hall–Kier alpha value is -2.29. The lowest BCUT2D eigenvalue weighted by molar-refractivity contribution is -0.134. The highest BCUT2D eigenvalue weighted by Gasteiger charge is 2.54. The largest absolute Gasteiger partial charge is 0.394 e. The topological polar surface area (TPSA) is 128 Å². The molecule has 28 heavy (non-hydrogen) atoms. The number of aliphatic hydroxyl groups excluding tert-OH is 2. The van der Waals surface area contributed by atoms with Gasteiger partial charge in [0.25, 0.3) is 0 Å². The molecule has 0 aliphatic carbocycles. The number of benzene rings is 1. The number of hydrogen-bond donors (Lipinski definition) is 4. The van der Waals surface area contributed by atoms with E-state index < -0.39 is 48.5 Å². The molecule has 1 aliphatic rings. The Kier molecular flexibility index (Phi) is 7.68. The van der Waals surface area contributed by atoms with E-state index in [1.165, 1.54) is 0 Å². The number of carbonyl (C=O) groups excluding carboxylic acids is 3. The Morgan fingerprint density at radius 2 is 1.75 bits per heavy atom. The van der Waals surface area contributed by atoms with E-state index in [2.05, 4.69) is 10.6 Å². The zero-order valence-corrected chi connectivity index (χ0v) is 16.2. The molecular formula is C20H28N2O6. The highest BCUT2D eigenvalue weighted by molar-refractivity contribution is 5.98. The minimum absolute atomic E-state index is 0.0699. The first-order valence-electron chi connectivity index (χ1n) is 9.35. The van der Waals surface area contributed by atoms with Crippen LogP contribution in [0.4, 0.5) is 0 Å². The number of hydrogen-bond acceptors (Lipinski definition) is 6. The smallest absolute Gasteiger partial charge is 0.245 e. The lowest BCUT2D eigenvalue weighted by Crippen LogP contribution is -2.55. The predicted octanol–water partition coefficient (Wildman–Crippen LogP) is -0.432. The second-order valence-corrected chi connectivity index (χ2v) is 7.46. The number of Topliss-reactive ketones (excluding diaryl/α,β-unsaturated/α-hetero) is 1. The Bertz CT molecular complexity index is 687. The molecule has 1 heterocycles. The Morgan fingerprint density at radius 3 is 2.25 bits per heavy atom. The zero-order chi connectivity index (χ0) is 20.7. The fraction of sp³-hybridized carbons (Fsp3) is 0.550. The summed E-state index contributed by atoms with van der Waals surface area (Å²) in [6, 6.07) is 6.96. The zero-order valence-electron chi connectivity index (χ0n) is 16.2. The Labute approximate surface area is 164 Å². The van der Waals surface area contributed by atoms with Crippen LogP contribution in [0.2, 0.25) is 0 Å². The van der Waals surface area contributed by atoms with Crippen molar-refractivity contribution < 1.29 is 29.3 Å². The van der Waals surface area contributed by atoms with E-state index in [4.69, 9.17) is 4.74 Å². The van der Waals surface area contributed by atoms with Crippen LogP contribution in [0.25, 0.3) is 0 Å². The average Bonchev–Trinajstić information content (AvgIpc) is 3.46. The molecule has 0 saturated carbocycles.